The van der Waals surface area contributed by atoms with Crippen molar-refractivity contribution in [2.75, 3.05) is 7.11 Å². The largest absolute Gasteiger partial charge is 0.467 e. The fourth-order valence-corrected chi connectivity index (χ4v) is 4.11. The first-order chi connectivity index (χ1) is 17.5. The molecule has 13 nitrogen and oxygen atoms in total. The maximum absolute atomic E-state index is 13.3. The van der Waals surface area contributed by atoms with Gasteiger partial charge in [-0.3, -0.25) is 19.2 Å². The average Bonchev–Trinajstić information content (AvgIpc) is 3.24. The van der Waals surface area contributed by atoms with Crippen molar-refractivity contribution in [3.63, 3.8) is 0 Å². The third-order valence-corrected chi connectivity index (χ3v) is 5.58. The van der Waals surface area contributed by atoms with Crippen LogP contribution in [0.3, 0.4) is 0 Å². The number of aromatic amines is 1. The Balaban J connectivity index is 1.90. The van der Waals surface area contributed by atoms with Crippen molar-refractivity contribution >= 4 is 40.7 Å². The average molecular weight is 520 g/mol. The Labute approximate surface area is 211 Å². The molecule has 0 bridgehead atoms. The summed E-state index contributed by atoms with van der Waals surface area (Å²) in [7, 11) is 1.15. The summed E-state index contributed by atoms with van der Waals surface area (Å²) in [5, 5.41) is 13.8. The highest BCUT2D eigenvalue weighted by Crippen LogP contribution is 2.28. The summed E-state index contributed by atoms with van der Waals surface area (Å²) < 4.78 is 25.6. The molecule has 2 heterocycles. The van der Waals surface area contributed by atoms with E-state index in [2.05, 4.69) is 10.3 Å². The standard InChI is InChI=1S/C24H28N2O11/c1-11(27)34-18-19(35-12(2)28)21(36-13(3)29)24(32)37-20(18)22(30)26-17(23(31)33-4)9-14-10-25-16-8-6-5-7-15(14)16/h5-8,10,17-21,24-25,32H,9H2,1-4H3,(H,26,30)/t17-,18+,19+,20+,21-,24?/m1/s1. The molecule has 13 heteroatoms. The van der Waals surface area contributed by atoms with Crippen LogP contribution in [0.1, 0.15) is 26.3 Å². The van der Waals surface area contributed by atoms with Gasteiger partial charge in [0.15, 0.2) is 30.7 Å². The molecule has 0 aliphatic carbocycles. The molecule has 1 aromatic carbocycles. The summed E-state index contributed by atoms with van der Waals surface area (Å²) >= 11 is 0. The van der Waals surface area contributed by atoms with Crippen LogP contribution in [-0.2, 0) is 54.1 Å². The van der Waals surface area contributed by atoms with Gasteiger partial charge in [-0.1, -0.05) is 18.2 Å². The maximum Gasteiger partial charge on any atom is 0.328 e. The lowest BCUT2D eigenvalue weighted by atomic mass is 9.96. The van der Waals surface area contributed by atoms with Gasteiger partial charge in [0.25, 0.3) is 5.91 Å². The van der Waals surface area contributed by atoms with Gasteiger partial charge < -0.3 is 39.1 Å². The first-order valence-electron chi connectivity index (χ1n) is 11.3. The highest BCUT2D eigenvalue weighted by molar-refractivity contribution is 5.89. The van der Waals surface area contributed by atoms with Crippen molar-refractivity contribution < 1.29 is 52.8 Å². The van der Waals surface area contributed by atoms with Crippen LogP contribution in [0.15, 0.2) is 30.5 Å². The Kier molecular flexibility index (Phi) is 8.84. The highest BCUT2D eigenvalue weighted by Gasteiger charge is 2.54. The van der Waals surface area contributed by atoms with Crippen LogP contribution in [-0.4, -0.2) is 83.7 Å². The number of methoxy groups -OCH3 is 1. The molecule has 1 aliphatic rings. The van der Waals surface area contributed by atoms with E-state index < -0.39 is 66.5 Å². The number of nitrogens with one attached hydrogen (secondary N) is 2. The molecule has 3 rings (SSSR count). The van der Waals surface area contributed by atoms with Crippen LogP contribution in [0, 0.1) is 0 Å². The lowest BCUT2D eigenvalue weighted by molar-refractivity contribution is -0.286. The van der Waals surface area contributed by atoms with E-state index in [-0.39, 0.29) is 6.42 Å². The van der Waals surface area contributed by atoms with E-state index in [9.17, 15) is 29.1 Å². The van der Waals surface area contributed by atoms with Crippen molar-refractivity contribution in [2.24, 2.45) is 0 Å². The number of hydrogen-bond acceptors (Lipinski definition) is 11. The zero-order chi connectivity index (χ0) is 27.3. The van der Waals surface area contributed by atoms with Crippen molar-refractivity contribution in [3.05, 3.63) is 36.0 Å². The van der Waals surface area contributed by atoms with Crippen molar-refractivity contribution in [1.82, 2.24) is 10.3 Å². The molecule has 6 atom stereocenters. The zero-order valence-electron chi connectivity index (χ0n) is 20.6. The molecule has 0 radical (unpaired) electrons. The van der Waals surface area contributed by atoms with Gasteiger partial charge in [0.2, 0.25) is 0 Å². The second-order valence-electron chi connectivity index (χ2n) is 8.32. The Hall–Kier alpha value is -3.97. The van der Waals surface area contributed by atoms with Crippen LogP contribution in [0.2, 0.25) is 0 Å². The number of esters is 4. The number of amides is 1. The first-order valence-corrected chi connectivity index (χ1v) is 11.3. The van der Waals surface area contributed by atoms with E-state index in [1.807, 2.05) is 24.3 Å². The smallest absolute Gasteiger partial charge is 0.328 e. The van der Waals surface area contributed by atoms with E-state index in [4.69, 9.17) is 23.7 Å². The molecular formula is C24H28N2O11. The number of ether oxygens (including phenoxy) is 5. The van der Waals surface area contributed by atoms with Gasteiger partial charge in [-0.15, -0.1) is 0 Å². The number of carbonyl (C=O) groups excluding carboxylic acids is 5. The molecule has 0 saturated carbocycles. The van der Waals surface area contributed by atoms with Crippen LogP contribution < -0.4 is 5.32 Å². The van der Waals surface area contributed by atoms with Crippen LogP contribution >= 0.6 is 0 Å². The SMILES string of the molecule is COC(=O)[C@@H](Cc1c[nH]c2ccccc12)NC(=O)[C@H]1OC(O)[C@H](OC(C)=O)[C@@H](OC(C)=O)[C@@H]1OC(C)=O. The third kappa shape index (κ3) is 6.62. The number of para-hydroxylation sites is 1. The second-order valence-corrected chi connectivity index (χ2v) is 8.32. The summed E-state index contributed by atoms with van der Waals surface area (Å²) in [6, 6.07) is 6.15. The van der Waals surface area contributed by atoms with Gasteiger partial charge >= 0.3 is 23.9 Å². The molecule has 37 heavy (non-hydrogen) atoms. The molecule has 0 spiro atoms. The zero-order valence-corrected chi connectivity index (χ0v) is 20.6. The van der Waals surface area contributed by atoms with Gasteiger partial charge in [0.05, 0.1) is 7.11 Å². The minimum Gasteiger partial charge on any atom is -0.467 e. The van der Waals surface area contributed by atoms with Crippen LogP contribution in [0.25, 0.3) is 10.9 Å². The minimum absolute atomic E-state index is 0.0272. The van der Waals surface area contributed by atoms with E-state index in [1.165, 1.54) is 0 Å². The van der Waals surface area contributed by atoms with Crippen LogP contribution in [0.5, 0.6) is 0 Å². The van der Waals surface area contributed by atoms with Crippen molar-refractivity contribution in [2.45, 2.75) is 63.9 Å². The molecule has 1 amide bonds. The number of aliphatic hydroxyl groups is 1. The Morgan fingerprint density at radius 3 is 2.19 bits per heavy atom. The molecule has 1 saturated heterocycles. The van der Waals surface area contributed by atoms with Gasteiger partial charge in [-0.2, -0.15) is 0 Å². The molecule has 3 N–H and O–H groups in total. The Bertz CT molecular complexity index is 1180. The van der Waals surface area contributed by atoms with Gasteiger partial charge in [-0.25, -0.2) is 4.79 Å². The molecule has 1 aliphatic heterocycles. The molecule has 1 aromatic heterocycles. The van der Waals surface area contributed by atoms with Crippen molar-refractivity contribution in [3.8, 4) is 0 Å². The summed E-state index contributed by atoms with van der Waals surface area (Å²) in [6.07, 6.45) is -6.77. The summed E-state index contributed by atoms with van der Waals surface area (Å²) in [4.78, 5) is 64.1. The maximum atomic E-state index is 13.3. The van der Waals surface area contributed by atoms with E-state index in [0.29, 0.717) is 5.56 Å². The lowest BCUT2D eigenvalue weighted by Crippen LogP contribution is -2.65. The number of benzene rings is 1. The molecule has 200 valence electrons. The van der Waals surface area contributed by atoms with E-state index in [1.54, 1.807) is 6.20 Å². The minimum atomic E-state index is -1.93. The molecule has 1 fully saturated rings. The second kappa shape index (κ2) is 11.8. The van der Waals surface area contributed by atoms with Gasteiger partial charge in [-0.05, 0) is 11.6 Å². The number of carbonyl (C=O) groups is 5. The number of H-pyrrole nitrogens is 1. The predicted molar refractivity (Wildman–Crippen MR) is 123 cm³/mol. The Morgan fingerprint density at radius 2 is 1.57 bits per heavy atom. The quantitative estimate of drug-likeness (QED) is 0.312. The van der Waals surface area contributed by atoms with Gasteiger partial charge in [0, 0.05) is 44.3 Å². The number of hydrogen-bond donors (Lipinski definition) is 3. The third-order valence-electron chi connectivity index (χ3n) is 5.58. The normalized spacial score (nSPS) is 24.0. The molecule has 2 aromatic rings. The Morgan fingerprint density at radius 1 is 0.973 bits per heavy atom. The molecular weight excluding hydrogens is 492 g/mol. The monoisotopic (exact) mass is 520 g/mol. The van der Waals surface area contributed by atoms with Crippen molar-refractivity contribution in [1.29, 1.82) is 0 Å². The predicted octanol–water partition coefficient (Wildman–Crippen LogP) is -0.119. The fourth-order valence-electron chi connectivity index (χ4n) is 4.11. The summed E-state index contributed by atoms with van der Waals surface area (Å²) in [5.41, 5.74) is 1.53. The van der Waals surface area contributed by atoms with Crippen LogP contribution in [0.4, 0.5) is 0 Å². The fraction of sp³-hybridized carbons (Fsp3) is 0.458. The summed E-state index contributed by atoms with van der Waals surface area (Å²) in [5.74, 6) is -4.32. The summed E-state index contributed by atoms with van der Waals surface area (Å²) in [6.45, 7) is 3.13. The highest BCUT2D eigenvalue weighted by atomic mass is 16.7. The topological polar surface area (TPSA) is 180 Å². The number of aromatic nitrogens is 1. The number of aliphatic hydroxyl groups excluding tert-OH is 1. The first kappa shape index (κ1) is 27.6. The molecule has 1 unspecified atom stereocenters. The number of fused-ring (bicyclic) bond motifs is 1. The van der Waals surface area contributed by atoms with Gasteiger partial charge in [0.1, 0.15) is 6.04 Å². The van der Waals surface area contributed by atoms with E-state index >= 15 is 0 Å². The van der Waals surface area contributed by atoms with E-state index in [0.717, 1.165) is 38.8 Å². The lowest BCUT2D eigenvalue weighted by Gasteiger charge is -2.42. The number of rotatable bonds is 8.